The molecule has 0 unspecified atom stereocenters. The Morgan fingerprint density at radius 1 is 1.07 bits per heavy atom. The summed E-state index contributed by atoms with van der Waals surface area (Å²) in [5.41, 5.74) is 4.90. The van der Waals surface area contributed by atoms with Crippen LogP contribution in [0.1, 0.15) is 29.8 Å². The first-order valence-corrected chi connectivity index (χ1v) is 8.64. The lowest BCUT2D eigenvalue weighted by atomic mass is 10.2. The van der Waals surface area contributed by atoms with Crippen molar-refractivity contribution in [2.45, 2.75) is 20.8 Å². The predicted octanol–water partition coefficient (Wildman–Crippen LogP) is 4.21. The Labute approximate surface area is 157 Å². The number of hydrogen-bond acceptors (Lipinski definition) is 6. The van der Waals surface area contributed by atoms with Gasteiger partial charge in [-0.1, -0.05) is 19.9 Å². The molecule has 0 aliphatic heterocycles. The van der Waals surface area contributed by atoms with Crippen molar-refractivity contribution in [2.75, 3.05) is 12.4 Å². The van der Waals surface area contributed by atoms with E-state index < -0.39 is 0 Å². The zero-order valence-corrected chi connectivity index (χ0v) is 16.1. The normalized spacial score (nSPS) is 10.0. The minimum Gasteiger partial charge on any atom is -0.423 e. The number of hydrogen-bond donors (Lipinski definition) is 2. The summed E-state index contributed by atoms with van der Waals surface area (Å²) < 4.78 is 7.61. The molecule has 0 atom stereocenters. The number of aliphatic hydroxyl groups excluding tert-OH is 1. The zero-order chi connectivity index (χ0) is 20.0. The number of anilines is 2. The van der Waals surface area contributed by atoms with Gasteiger partial charge in [0.2, 0.25) is 5.95 Å². The molecule has 142 valence electrons. The van der Waals surface area contributed by atoms with Gasteiger partial charge < -0.3 is 14.1 Å². The van der Waals surface area contributed by atoms with Crippen LogP contribution in [0.3, 0.4) is 0 Å². The fraction of sp³-hybridized carbons (Fsp3) is 0.250. The van der Waals surface area contributed by atoms with Crippen LogP contribution in [0.5, 0.6) is 0 Å². The third kappa shape index (κ3) is 4.15. The number of nitrogens with zero attached hydrogens (tertiary/aromatic N) is 3. The first kappa shape index (κ1) is 20.1. The van der Waals surface area contributed by atoms with Crippen molar-refractivity contribution in [2.24, 2.45) is 7.05 Å². The summed E-state index contributed by atoms with van der Waals surface area (Å²) in [5.74, 6) is 0.603. The highest BCUT2D eigenvalue weighted by molar-refractivity contribution is 5.86. The molecule has 2 heterocycles. The number of fused-ring (bicyclic) bond motifs is 2. The van der Waals surface area contributed by atoms with Crippen molar-refractivity contribution in [3.63, 3.8) is 0 Å². The number of imidazole rings is 1. The van der Waals surface area contributed by atoms with Crippen LogP contribution in [0.25, 0.3) is 22.1 Å². The molecule has 2 aromatic heterocycles. The summed E-state index contributed by atoms with van der Waals surface area (Å²) in [6.07, 6.45) is 0.810. The Morgan fingerprint density at radius 2 is 1.81 bits per heavy atom. The highest BCUT2D eigenvalue weighted by Gasteiger charge is 2.12. The van der Waals surface area contributed by atoms with Gasteiger partial charge in [0.25, 0.3) is 0 Å². The van der Waals surface area contributed by atoms with Crippen LogP contribution in [0.2, 0.25) is 0 Å². The Hall–Kier alpha value is -3.19. The van der Waals surface area contributed by atoms with E-state index in [9.17, 15) is 4.79 Å². The van der Waals surface area contributed by atoms with E-state index in [2.05, 4.69) is 15.3 Å². The Bertz CT molecular complexity index is 1050. The molecule has 7 heteroatoms. The molecular weight excluding hydrogens is 344 g/mol. The summed E-state index contributed by atoms with van der Waals surface area (Å²) in [5, 5.41) is 10.1. The summed E-state index contributed by atoms with van der Waals surface area (Å²) in [6.45, 7) is 6.01. The average molecular weight is 368 g/mol. The minimum absolute atomic E-state index is 0.389. The monoisotopic (exact) mass is 368 g/mol. The molecule has 0 amide bonds. The van der Waals surface area contributed by atoms with E-state index in [1.165, 1.54) is 0 Å². The largest absolute Gasteiger partial charge is 0.423 e. The van der Waals surface area contributed by atoms with Crippen LogP contribution >= 0.6 is 0 Å². The Kier molecular flexibility index (Phi) is 6.67. The zero-order valence-electron chi connectivity index (χ0n) is 16.1. The van der Waals surface area contributed by atoms with E-state index in [0.717, 1.165) is 41.1 Å². The first-order valence-electron chi connectivity index (χ1n) is 8.64. The number of carbonyl (C=O) groups is 1. The van der Waals surface area contributed by atoms with Gasteiger partial charge in [-0.05, 0) is 42.8 Å². The highest BCUT2D eigenvalue weighted by Crippen LogP contribution is 2.25. The van der Waals surface area contributed by atoms with Crippen molar-refractivity contribution in [3.05, 3.63) is 47.5 Å². The average Bonchev–Trinajstić information content (AvgIpc) is 3.24. The number of nitrogens with one attached hydrogen (secondary N) is 1. The van der Waals surface area contributed by atoms with Gasteiger partial charge in [0.1, 0.15) is 11.8 Å². The van der Waals surface area contributed by atoms with Gasteiger partial charge in [0.05, 0.1) is 11.0 Å². The fourth-order valence-corrected chi connectivity index (χ4v) is 2.58. The Morgan fingerprint density at radius 3 is 2.52 bits per heavy atom. The van der Waals surface area contributed by atoms with Crippen molar-refractivity contribution in [3.8, 4) is 0 Å². The van der Waals surface area contributed by atoms with Gasteiger partial charge >= 0.3 is 6.01 Å². The smallest absolute Gasteiger partial charge is 0.302 e. The molecule has 0 radical (unpaired) electrons. The van der Waals surface area contributed by atoms with E-state index in [0.29, 0.717) is 17.5 Å². The standard InChI is InChI=1S/C17H14N4O2.C2H6.CH4O/c1-10-3-5-12-15(7-10)23-17(19-12)20-16-18-13-8-11(9-22)4-6-14(13)21(16)2;2*1-2/h3-9H,1-2H3,(H,18,19,20);1-2H3;2H,1H3. The summed E-state index contributed by atoms with van der Waals surface area (Å²) >= 11 is 0. The second-order valence-electron chi connectivity index (χ2n) is 5.48. The SMILES string of the molecule is CC.CO.Cc1ccc2nc(Nc3nc4cc(C=O)ccc4n3C)oc2c1. The number of aryl methyl sites for hydroxylation is 2. The maximum Gasteiger partial charge on any atom is 0.302 e. The topological polar surface area (TPSA) is 93.2 Å². The number of benzene rings is 2. The van der Waals surface area contributed by atoms with E-state index in [4.69, 9.17) is 9.52 Å². The van der Waals surface area contributed by atoms with E-state index in [1.807, 2.05) is 56.7 Å². The number of oxazole rings is 1. The van der Waals surface area contributed by atoms with Crippen LogP contribution in [0, 0.1) is 6.92 Å². The number of aldehydes is 1. The number of aromatic nitrogens is 3. The van der Waals surface area contributed by atoms with Crippen LogP contribution in [0.4, 0.5) is 12.0 Å². The quantitative estimate of drug-likeness (QED) is 0.526. The van der Waals surface area contributed by atoms with Gasteiger partial charge in [-0.25, -0.2) is 4.98 Å². The molecule has 0 bridgehead atoms. The molecule has 4 rings (SSSR count). The van der Waals surface area contributed by atoms with Crippen molar-refractivity contribution in [1.29, 1.82) is 0 Å². The molecule has 2 aromatic carbocycles. The number of aliphatic hydroxyl groups is 1. The van der Waals surface area contributed by atoms with E-state index in [-0.39, 0.29) is 0 Å². The fourth-order valence-electron chi connectivity index (χ4n) is 2.58. The second kappa shape index (κ2) is 8.95. The molecule has 0 saturated heterocycles. The van der Waals surface area contributed by atoms with Gasteiger partial charge in [-0.15, -0.1) is 0 Å². The molecule has 0 saturated carbocycles. The van der Waals surface area contributed by atoms with Crippen molar-refractivity contribution >= 4 is 40.4 Å². The maximum absolute atomic E-state index is 10.9. The molecule has 0 fully saturated rings. The number of carbonyl (C=O) groups excluding carboxylic acids is 1. The van der Waals surface area contributed by atoms with Gasteiger partial charge in [-0.3, -0.25) is 10.1 Å². The van der Waals surface area contributed by atoms with Crippen LogP contribution in [0.15, 0.2) is 40.8 Å². The van der Waals surface area contributed by atoms with Crippen LogP contribution in [-0.4, -0.2) is 33.0 Å². The summed E-state index contributed by atoms with van der Waals surface area (Å²) in [7, 11) is 2.89. The molecule has 7 nitrogen and oxygen atoms in total. The van der Waals surface area contributed by atoms with Crippen molar-refractivity contribution in [1.82, 2.24) is 14.5 Å². The molecule has 0 spiro atoms. The van der Waals surface area contributed by atoms with Gasteiger partial charge in [-0.2, -0.15) is 4.98 Å². The van der Waals surface area contributed by atoms with Crippen molar-refractivity contribution < 1.29 is 14.3 Å². The van der Waals surface area contributed by atoms with Gasteiger partial charge in [0.15, 0.2) is 5.58 Å². The second-order valence-corrected chi connectivity index (χ2v) is 5.48. The Balaban J connectivity index is 0.000000614. The maximum atomic E-state index is 10.9. The molecule has 2 N–H and O–H groups in total. The first-order chi connectivity index (χ1) is 13.1. The minimum atomic E-state index is 0.389. The van der Waals surface area contributed by atoms with Crippen LogP contribution in [-0.2, 0) is 7.05 Å². The van der Waals surface area contributed by atoms with E-state index in [1.54, 1.807) is 12.1 Å². The summed E-state index contributed by atoms with van der Waals surface area (Å²) in [6, 6.07) is 11.6. The van der Waals surface area contributed by atoms with Gasteiger partial charge in [0, 0.05) is 19.7 Å². The lowest BCUT2D eigenvalue weighted by Gasteiger charge is -2.01. The third-order valence-corrected chi connectivity index (χ3v) is 3.80. The van der Waals surface area contributed by atoms with E-state index >= 15 is 0 Å². The lowest BCUT2D eigenvalue weighted by molar-refractivity contribution is 0.112. The molecule has 0 aliphatic rings. The predicted molar refractivity (Wildman–Crippen MR) is 108 cm³/mol. The molecule has 4 aromatic rings. The lowest BCUT2D eigenvalue weighted by Crippen LogP contribution is -1.98. The third-order valence-electron chi connectivity index (χ3n) is 3.80. The molecule has 0 aliphatic carbocycles. The number of rotatable bonds is 3. The highest BCUT2D eigenvalue weighted by atomic mass is 16.4. The summed E-state index contributed by atoms with van der Waals surface area (Å²) in [4.78, 5) is 19.8. The van der Waals surface area contributed by atoms with Crippen LogP contribution < -0.4 is 5.32 Å². The molecular formula is C20H24N4O3. The molecule has 27 heavy (non-hydrogen) atoms.